The number of aliphatic hydroxyl groups excluding tert-OH is 2. The van der Waals surface area contributed by atoms with Gasteiger partial charge in [-0.25, -0.2) is 4.98 Å². The van der Waals surface area contributed by atoms with Gasteiger partial charge in [0.2, 0.25) is 0 Å². The smallest absolute Gasteiger partial charge is 0.170 e. The average molecular weight is 590 g/mol. The maximum absolute atomic E-state index is 10.9. The van der Waals surface area contributed by atoms with Crippen LogP contribution < -0.4 is 4.90 Å². The number of benzene rings is 1. The van der Waals surface area contributed by atoms with Gasteiger partial charge in [-0.3, -0.25) is 4.79 Å². The van der Waals surface area contributed by atoms with Crippen molar-refractivity contribution in [2.75, 3.05) is 25.1 Å². The lowest BCUT2D eigenvalue weighted by Gasteiger charge is -2.18. The molecule has 0 radical (unpaired) electrons. The molecule has 0 amide bonds. The molecule has 3 fully saturated rings. The van der Waals surface area contributed by atoms with E-state index in [0.717, 1.165) is 72.8 Å². The number of carbonyl (C=O) groups is 1. The first-order chi connectivity index (χ1) is 19.1. The predicted molar refractivity (Wildman–Crippen MR) is 154 cm³/mol. The quantitative estimate of drug-likeness (QED) is 0.259. The van der Waals surface area contributed by atoms with Crippen molar-refractivity contribution in [2.45, 2.75) is 44.6 Å². The largest absolute Gasteiger partial charge is 0.400 e. The number of carbonyl (C=O) groups excluding carboxylic acids is 1. The molecule has 7 rings (SSSR count). The van der Waals surface area contributed by atoms with Crippen molar-refractivity contribution in [3.63, 3.8) is 0 Å². The molecule has 3 aromatic heterocycles. The number of anilines is 1. The van der Waals surface area contributed by atoms with Gasteiger partial charge in [-0.1, -0.05) is 40.8 Å². The number of halogens is 2. The number of hydrogen-bond acceptors (Lipinski definition) is 9. The molecule has 1 aliphatic heterocycles. The van der Waals surface area contributed by atoms with Gasteiger partial charge >= 0.3 is 0 Å². The molecule has 3 aliphatic rings. The SMILES string of the molecule is CO.O=Cc1nsc2cc(N3C[C@H]4CCC[C@H]4C3)ncc12.OCc1c(-c2c(Cl)cccc2Cl)noc1C1CC1. The highest BCUT2D eigenvalue weighted by Gasteiger charge is 2.36. The number of hydrogen-bond donors (Lipinski definition) is 2. The highest BCUT2D eigenvalue weighted by Crippen LogP contribution is 2.46. The van der Waals surface area contributed by atoms with Crippen molar-refractivity contribution in [1.29, 1.82) is 0 Å². The van der Waals surface area contributed by atoms with Crippen molar-refractivity contribution in [1.82, 2.24) is 14.5 Å². The third-order valence-electron chi connectivity index (χ3n) is 7.66. The fraction of sp³-hybridized carbons (Fsp3) is 0.429. The van der Waals surface area contributed by atoms with Crippen LogP contribution in [0.25, 0.3) is 21.3 Å². The molecule has 2 aliphatic carbocycles. The number of rotatable bonds is 5. The Morgan fingerprint density at radius 3 is 2.44 bits per heavy atom. The normalized spacial score (nSPS) is 19.8. The molecule has 1 aromatic carbocycles. The van der Waals surface area contributed by atoms with Crippen LogP contribution in [0, 0.1) is 11.8 Å². The van der Waals surface area contributed by atoms with Crippen molar-refractivity contribution in [3.05, 3.63) is 57.5 Å². The zero-order valence-electron chi connectivity index (χ0n) is 21.5. The van der Waals surface area contributed by atoms with E-state index in [-0.39, 0.29) is 6.61 Å². The lowest BCUT2D eigenvalue weighted by molar-refractivity contribution is 0.112. The topological polar surface area (TPSA) is 113 Å². The molecular weight excluding hydrogens is 559 g/mol. The van der Waals surface area contributed by atoms with Crippen LogP contribution in [0.4, 0.5) is 5.82 Å². The number of aromatic nitrogens is 3. The second kappa shape index (κ2) is 12.3. The van der Waals surface area contributed by atoms with E-state index in [2.05, 4.69) is 25.5 Å². The monoisotopic (exact) mass is 588 g/mol. The first-order valence-corrected chi connectivity index (χ1v) is 14.5. The Bertz CT molecular complexity index is 1420. The Hall–Kier alpha value is -2.56. The van der Waals surface area contributed by atoms with E-state index in [1.54, 1.807) is 24.4 Å². The molecule has 1 saturated heterocycles. The fourth-order valence-corrected chi connectivity index (χ4v) is 6.91. The van der Waals surface area contributed by atoms with Gasteiger partial charge in [0.1, 0.15) is 23.0 Å². The third kappa shape index (κ3) is 5.69. The maximum Gasteiger partial charge on any atom is 0.170 e. The van der Waals surface area contributed by atoms with Gasteiger partial charge in [-0.2, -0.15) is 4.37 Å². The van der Waals surface area contributed by atoms with Crippen LogP contribution in [0.15, 0.2) is 35.0 Å². The number of nitrogens with zero attached hydrogens (tertiary/aromatic N) is 4. The summed E-state index contributed by atoms with van der Waals surface area (Å²) >= 11 is 13.7. The number of fused-ring (bicyclic) bond motifs is 2. The number of aldehydes is 1. The van der Waals surface area contributed by atoms with Crippen LogP contribution >= 0.6 is 34.7 Å². The summed E-state index contributed by atoms with van der Waals surface area (Å²) in [4.78, 5) is 17.8. The molecule has 8 nitrogen and oxygen atoms in total. The van der Waals surface area contributed by atoms with Crippen LogP contribution in [0.1, 0.15) is 59.8 Å². The highest BCUT2D eigenvalue weighted by atomic mass is 35.5. The van der Waals surface area contributed by atoms with Gasteiger partial charge in [-0.15, -0.1) is 0 Å². The van der Waals surface area contributed by atoms with Crippen molar-refractivity contribution in [2.24, 2.45) is 11.8 Å². The Labute approximate surface area is 240 Å². The molecule has 4 heterocycles. The lowest BCUT2D eigenvalue weighted by Crippen LogP contribution is -2.21. The van der Waals surface area contributed by atoms with Crippen LogP contribution in [0.2, 0.25) is 10.0 Å². The third-order valence-corrected chi connectivity index (χ3v) is 9.11. The first kappa shape index (κ1) is 28.0. The molecule has 206 valence electrons. The lowest BCUT2D eigenvalue weighted by atomic mass is 10.0. The summed E-state index contributed by atoms with van der Waals surface area (Å²) in [6.45, 7) is 2.16. The summed E-state index contributed by atoms with van der Waals surface area (Å²) in [5, 5.41) is 22.5. The first-order valence-electron chi connectivity index (χ1n) is 13.0. The second-order valence-corrected chi connectivity index (χ2v) is 11.6. The summed E-state index contributed by atoms with van der Waals surface area (Å²) in [5.41, 5.74) is 2.39. The van der Waals surface area contributed by atoms with E-state index in [1.165, 1.54) is 30.8 Å². The molecular formula is C28H30Cl2N4O4S. The molecule has 39 heavy (non-hydrogen) atoms. The summed E-state index contributed by atoms with van der Waals surface area (Å²) in [6.07, 6.45) is 8.91. The van der Waals surface area contributed by atoms with Crippen LogP contribution in [-0.2, 0) is 6.61 Å². The summed E-state index contributed by atoms with van der Waals surface area (Å²) in [7, 11) is 1.00. The zero-order valence-corrected chi connectivity index (χ0v) is 23.8. The molecule has 0 spiro atoms. The van der Waals surface area contributed by atoms with Crippen LogP contribution in [0.3, 0.4) is 0 Å². The van der Waals surface area contributed by atoms with Gasteiger partial charge in [0.15, 0.2) is 6.29 Å². The molecule has 0 unspecified atom stereocenters. The highest BCUT2D eigenvalue weighted by molar-refractivity contribution is 7.13. The Balaban J connectivity index is 0.000000149. The molecule has 2 saturated carbocycles. The van der Waals surface area contributed by atoms with Crippen molar-refractivity contribution in [3.8, 4) is 11.3 Å². The molecule has 4 aromatic rings. The van der Waals surface area contributed by atoms with Gasteiger partial charge in [0.25, 0.3) is 0 Å². The molecule has 0 bridgehead atoms. The van der Waals surface area contributed by atoms with E-state index < -0.39 is 0 Å². The summed E-state index contributed by atoms with van der Waals surface area (Å²) in [6, 6.07) is 7.35. The Morgan fingerprint density at radius 2 is 1.82 bits per heavy atom. The minimum atomic E-state index is -0.119. The fourth-order valence-electron chi connectivity index (χ4n) is 5.58. The van der Waals surface area contributed by atoms with E-state index >= 15 is 0 Å². The van der Waals surface area contributed by atoms with Gasteiger partial charge in [0, 0.05) is 54.9 Å². The number of aliphatic hydroxyl groups is 2. The molecule has 11 heteroatoms. The minimum Gasteiger partial charge on any atom is -0.400 e. The second-order valence-electron chi connectivity index (χ2n) is 9.98. The Kier molecular flexibility index (Phi) is 8.83. The molecule has 2 N–H and O–H groups in total. The number of pyridine rings is 1. The van der Waals surface area contributed by atoms with Crippen LogP contribution in [-0.4, -0.2) is 51.2 Å². The molecule has 2 atom stereocenters. The van der Waals surface area contributed by atoms with Crippen LogP contribution in [0.5, 0.6) is 0 Å². The van der Waals surface area contributed by atoms with E-state index in [0.29, 0.717) is 38.5 Å². The standard InChI is InChI=1S/C14H15N3OS.C13H11Cl2NO2.CH4O/c18-8-12-11-5-15-14(4-13(11)19-16-12)17-6-9-2-1-3-10(9)7-17;14-9-2-1-3-10(15)11(9)12-8(6-17)13(18-16-12)7-4-5-7;1-2/h4-5,8-10H,1-3,6-7H2;1-3,7,17H,4-6H2;2H,1H3/t9-,10+;;. The van der Waals surface area contributed by atoms with Gasteiger partial charge in [0.05, 0.1) is 21.4 Å². The Morgan fingerprint density at radius 1 is 1.13 bits per heavy atom. The maximum atomic E-state index is 10.9. The van der Waals surface area contributed by atoms with E-state index in [1.807, 2.05) is 0 Å². The van der Waals surface area contributed by atoms with Crippen molar-refractivity contribution < 1.29 is 19.5 Å². The van der Waals surface area contributed by atoms with E-state index in [4.69, 9.17) is 32.8 Å². The van der Waals surface area contributed by atoms with Crippen molar-refractivity contribution >= 4 is 56.9 Å². The summed E-state index contributed by atoms with van der Waals surface area (Å²) < 4.78 is 10.6. The van der Waals surface area contributed by atoms with Gasteiger partial charge in [-0.05, 0) is 61.2 Å². The predicted octanol–water partition coefficient (Wildman–Crippen LogP) is 6.37. The van der Waals surface area contributed by atoms with Gasteiger partial charge < -0.3 is 19.6 Å². The van der Waals surface area contributed by atoms with E-state index in [9.17, 15) is 9.90 Å². The summed E-state index contributed by atoms with van der Waals surface area (Å²) in [5.74, 6) is 3.93. The minimum absolute atomic E-state index is 0.119. The average Bonchev–Trinajstić information content (AvgIpc) is 3.27. The zero-order chi connectivity index (χ0) is 27.5.